The van der Waals surface area contributed by atoms with Gasteiger partial charge in [-0.25, -0.2) is 4.39 Å². The van der Waals surface area contributed by atoms with Crippen molar-refractivity contribution in [2.75, 3.05) is 13.1 Å². The average Bonchev–Trinajstić information content (AvgIpc) is 2.43. The Morgan fingerprint density at radius 3 is 2.60 bits per heavy atom. The van der Waals surface area contributed by atoms with E-state index >= 15 is 0 Å². The van der Waals surface area contributed by atoms with E-state index in [1.807, 2.05) is 0 Å². The number of rotatable bonds is 6. The van der Waals surface area contributed by atoms with E-state index in [1.54, 1.807) is 32.0 Å². The van der Waals surface area contributed by atoms with Gasteiger partial charge in [0.1, 0.15) is 5.82 Å². The second-order valence-electron chi connectivity index (χ2n) is 4.47. The van der Waals surface area contributed by atoms with Crippen LogP contribution in [0.4, 0.5) is 4.39 Å². The molecule has 0 saturated heterocycles. The highest BCUT2D eigenvalue weighted by molar-refractivity contribution is 5.92. The van der Waals surface area contributed by atoms with Crippen molar-refractivity contribution < 1.29 is 19.1 Å². The van der Waals surface area contributed by atoms with Gasteiger partial charge in [-0.15, -0.1) is 0 Å². The first kappa shape index (κ1) is 15.9. The van der Waals surface area contributed by atoms with Crippen LogP contribution in [0.25, 0.3) is 6.08 Å². The van der Waals surface area contributed by atoms with Crippen LogP contribution in [0.15, 0.2) is 30.3 Å². The summed E-state index contributed by atoms with van der Waals surface area (Å²) in [5.74, 6) is -2.32. The Morgan fingerprint density at radius 2 is 2.05 bits per heavy atom. The second-order valence-corrected chi connectivity index (χ2v) is 4.47. The first-order valence-corrected chi connectivity index (χ1v) is 6.40. The summed E-state index contributed by atoms with van der Waals surface area (Å²) in [5, 5.41) is 8.85. The molecule has 1 unspecified atom stereocenters. The molecule has 0 saturated carbocycles. The van der Waals surface area contributed by atoms with Crippen LogP contribution in [0, 0.1) is 11.7 Å². The summed E-state index contributed by atoms with van der Waals surface area (Å²) in [7, 11) is 0. The molecule has 0 bridgehead atoms. The fraction of sp³-hybridized carbons (Fsp3) is 0.333. The summed E-state index contributed by atoms with van der Waals surface area (Å²) in [6.07, 6.45) is 2.66. The lowest BCUT2D eigenvalue weighted by Gasteiger charge is -2.21. The third-order valence-corrected chi connectivity index (χ3v) is 2.92. The third kappa shape index (κ3) is 4.50. The quantitative estimate of drug-likeness (QED) is 0.813. The van der Waals surface area contributed by atoms with Crippen molar-refractivity contribution in [2.45, 2.75) is 13.8 Å². The van der Waals surface area contributed by atoms with E-state index in [-0.39, 0.29) is 12.5 Å². The van der Waals surface area contributed by atoms with Crippen LogP contribution in [0.2, 0.25) is 0 Å². The van der Waals surface area contributed by atoms with Gasteiger partial charge in [0.05, 0.1) is 5.92 Å². The smallest absolute Gasteiger partial charge is 0.308 e. The first-order valence-electron chi connectivity index (χ1n) is 6.40. The topological polar surface area (TPSA) is 57.6 Å². The predicted molar refractivity (Wildman–Crippen MR) is 74.5 cm³/mol. The monoisotopic (exact) mass is 279 g/mol. The fourth-order valence-electron chi connectivity index (χ4n) is 1.66. The maximum atomic E-state index is 13.4. The Morgan fingerprint density at radius 1 is 1.40 bits per heavy atom. The van der Waals surface area contributed by atoms with Crippen LogP contribution in [-0.2, 0) is 9.59 Å². The van der Waals surface area contributed by atoms with Crippen LogP contribution < -0.4 is 0 Å². The number of carboxylic acid groups (broad SMARTS) is 1. The Hall–Kier alpha value is -2.17. The molecule has 1 amide bonds. The second kappa shape index (κ2) is 7.43. The molecule has 0 spiro atoms. The number of carbonyl (C=O) groups excluding carboxylic acids is 1. The van der Waals surface area contributed by atoms with E-state index in [1.165, 1.54) is 23.1 Å². The number of halogens is 1. The van der Waals surface area contributed by atoms with E-state index in [4.69, 9.17) is 5.11 Å². The number of likely N-dealkylation sites (N-methyl/N-ethyl adjacent to an activating group) is 1. The fourth-order valence-corrected chi connectivity index (χ4v) is 1.66. The molecule has 0 heterocycles. The lowest BCUT2D eigenvalue weighted by Crippen LogP contribution is -2.35. The minimum absolute atomic E-state index is 0.131. The number of nitrogens with zero attached hydrogens (tertiary/aromatic N) is 1. The Labute approximate surface area is 117 Å². The minimum atomic E-state index is -0.950. The Kier molecular flexibility index (Phi) is 5.90. The summed E-state index contributed by atoms with van der Waals surface area (Å²) < 4.78 is 13.4. The number of hydrogen-bond donors (Lipinski definition) is 1. The van der Waals surface area contributed by atoms with Crippen LogP contribution in [0.1, 0.15) is 19.4 Å². The molecular weight excluding hydrogens is 261 g/mol. The molecule has 4 nitrogen and oxygen atoms in total. The van der Waals surface area contributed by atoms with Crippen molar-refractivity contribution in [3.05, 3.63) is 41.7 Å². The zero-order valence-corrected chi connectivity index (χ0v) is 11.5. The number of benzene rings is 1. The number of amides is 1. The molecule has 1 rings (SSSR count). The van der Waals surface area contributed by atoms with Gasteiger partial charge < -0.3 is 10.0 Å². The molecule has 20 heavy (non-hydrogen) atoms. The van der Waals surface area contributed by atoms with E-state index in [2.05, 4.69) is 0 Å². The molecule has 0 aliphatic rings. The van der Waals surface area contributed by atoms with Crippen LogP contribution in [0.5, 0.6) is 0 Å². The molecule has 0 radical (unpaired) electrons. The lowest BCUT2D eigenvalue weighted by atomic mass is 10.1. The molecule has 1 aromatic carbocycles. The van der Waals surface area contributed by atoms with Crippen molar-refractivity contribution in [1.82, 2.24) is 4.90 Å². The lowest BCUT2D eigenvalue weighted by molar-refractivity contribution is -0.142. The molecule has 0 aromatic heterocycles. The van der Waals surface area contributed by atoms with E-state index in [0.29, 0.717) is 12.1 Å². The highest BCUT2D eigenvalue weighted by Gasteiger charge is 2.17. The molecular formula is C15H18FNO3. The van der Waals surface area contributed by atoms with E-state index < -0.39 is 17.7 Å². The first-order chi connectivity index (χ1) is 9.45. The largest absolute Gasteiger partial charge is 0.481 e. The van der Waals surface area contributed by atoms with Gasteiger partial charge in [0.25, 0.3) is 0 Å². The van der Waals surface area contributed by atoms with Crippen LogP contribution >= 0.6 is 0 Å². The van der Waals surface area contributed by atoms with Crippen molar-refractivity contribution in [2.24, 2.45) is 5.92 Å². The van der Waals surface area contributed by atoms with Crippen molar-refractivity contribution >= 4 is 18.0 Å². The van der Waals surface area contributed by atoms with Gasteiger partial charge in [-0.1, -0.05) is 25.1 Å². The van der Waals surface area contributed by atoms with Gasteiger partial charge in [0, 0.05) is 24.7 Å². The third-order valence-electron chi connectivity index (χ3n) is 2.92. The maximum absolute atomic E-state index is 13.4. The van der Waals surface area contributed by atoms with Crippen LogP contribution in [-0.4, -0.2) is 35.0 Å². The molecule has 1 atom stereocenters. The van der Waals surface area contributed by atoms with Crippen molar-refractivity contribution in [3.63, 3.8) is 0 Å². The Balaban J connectivity index is 2.73. The maximum Gasteiger partial charge on any atom is 0.308 e. The molecule has 1 aromatic rings. The van der Waals surface area contributed by atoms with Crippen LogP contribution in [0.3, 0.4) is 0 Å². The van der Waals surface area contributed by atoms with Gasteiger partial charge in [0.15, 0.2) is 0 Å². The van der Waals surface area contributed by atoms with E-state index in [0.717, 1.165) is 0 Å². The highest BCUT2D eigenvalue weighted by atomic mass is 19.1. The SMILES string of the molecule is CCN(CC(C)C(=O)O)C(=O)C=Cc1ccccc1F. The summed E-state index contributed by atoms with van der Waals surface area (Å²) in [5.41, 5.74) is 0.322. The number of carboxylic acids is 1. The van der Waals surface area contributed by atoms with Gasteiger partial charge in [-0.3, -0.25) is 9.59 Å². The minimum Gasteiger partial charge on any atom is -0.481 e. The molecule has 1 N–H and O–H groups in total. The summed E-state index contributed by atoms with van der Waals surface area (Å²) in [4.78, 5) is 24.1. The molecule has 0 aliphatic heterocycles. The molecule has 108 valence electrons. The van der Waals surface area contributed by atoms with E-state index in [9.17, 15) is 14.0 Å². The molecule has 0 fully saturated rings. The zero-order valence-electron chi connectivity index (χ0n) is 11.5. The summed E-state index contributed by atoms with van der Waals surface area (Å²) in [6.45, 7) is 3.84. The van der Waals surface area contributed by atoms with Gasteiger partial charge in [0.2, 0.25) is 5.91 Å². The van der Waals surface area contributed by atoms with Gasteiger partial charge >= 0.3 is 5.97 Å². The van der Waals surface area contributed by atoms with Gasteiger partial charge in [-0.05, 0) is 19.1 Å². The van der Waals surface area contributed by atoms with Gasteiger partial charge in [-0.2, -0.15) is 0 Å². The standard InChI is InChI=1S/C15H18FNO3/c1-3-17(10-11(2)15(19)20)14(18)9-8-12-6-4-5-7-13(12)16/h4-9,11H,3,10H2,1-2H3,(H,19,20). The summed E-state index contributed by atoms with van der Waals surface area (Å²) >= 11 is 0. The predicted octanol–water partition coefficient (Wildman–Crippen LogP) is 2.41. The van der Waals surface area contributed by atoms with Crippen molar-refractivity contribution in [3.8, 4) is 0 Å². The highest BCUT2D eigenvalue weighted by Crippen LogP contribution is 2.09. The van der Waals surface area contributed by atoms with Crippen molar-refractivity contribution in [1.29, 1.82) is 0 Å². The summed E-state index contributed by atoms with van der Waals surface area (Å²) in [6, 6.07) is 6.13. The molecule has 0 aliphatic carbocycles. The molecule has 5 heteroatoms. The number of hydrogen-bond acceptors (Lipinski definition) is 2. The average molecular weight is 279 g/mol. The number of carbonyl (C=O) groups is 2. The Bertz CT molecular complexity index is 514. The zero-order chi connectivity index (χ0) is 15.1. The number of aliphatic carboxylic acids is 1. The normalized spacial score (nSPS) is 12.3.